The Bertz CT molecular complexity index is 957. The smallest absolute Gasteiger partial charge is 0.207 e. The molecule has 3 rings (SSSR count). The summed E-state index contributed by atoms with van der Waals surface area (Å²) in [4.78, 5) is 0. The van der Waals surface area contributed by atoms with Gasteiger partial charge in [0, 0.05) is 0 Å². The summed E-state index contributed by atoms with van der Waals surface area (Å²) < 4.78 is 54.9. The van der Waals surface area contributed by atoms with Crippen LogP contribution in [0.4, 0.5) is 8.78 Å². The molecule has 1 aromatic heterocycles. The number of halogens is 2. The zero-order valence-electron chi connectivity index (χ0n) is 13.0. The van der Waals surface area contributed by atoms with Crippen molar-refractivity contribution in [2.45, 2.75) is 16.7 Å². The molecular weight excluding hydrogens is 364 g/mol. The van der Waals surface area contributed by atoms with Crippen LogP contribution in [0.1, 0.15) is 17.2 Å². The van der Waals surface area contributed by atoms with Crippen molar-refractivity contribution in [3.8, 4) is 0 Å². The summed E-state index contributed by atoms with van der Waals surface area (Å²) in [5.41, 5.74) is 1.09. The van der Waals surface area contributed by atoms with E-state index in [1.165, 1.54) is 36.4 Å². The van der Waals surface area contributed by atoms with E-state index in [9.17, 15) is 17.2 Å². The third kappa shape index (κ3) is 4.50. The minimum Gasteiger partial charge on any atom is -0.207 e. The van der Waals surface area contributed by atoms with Crippen LogP contribution in [0.3, 0.4) is 0 Å². The Morgan fingerprint density at radius 3 is 2.32 bits per heavy atom. The highest BCUT2D eigenvalue weighted by atomic mass is 32.2. The summed E-state index contributed by atoms with van der Waals surface area (Å²) in [6.07, 6.45) is 0.200. The Morgan fingerprint density at radius 2 is 1.68 bits per heavy atom. The van der Waals surface area contributed by atoms with E-state index in [-0.39, 0.29) is 10.6 Å². The highest BCUT2D eigenvalue weighted by molar-refractivity contribution is 7.91. The van der Waals surface area contributed by atoms with Crippen molar-refractivity contribution >= 4 is 21.4 Å². The van der Waals surface area contributed by atoms with Gasteiger partial charge in [-0.15, -0.1) is 11.3 Å². The molecule has 25 heavy (non-hydrogen) atoms. The third-order valence-electron chi connectivity index (χ3n) is 3.64. The maximum absolute atomic E-state index is 13.6. The lowest BCUT2D eigenvalue weighted by Gasteiger charge is -2.19. The van der Waals surface area contributed by atoms with Gasteiger partial charge in [-0.05, 0) is 53.3 Å². The van der Waals surface area contributed by atoms with Gasteiger partial charge in [0.25, 0.3) is 10.0 Å². The Morgan fingerprint density at radius 1 is 0.960 bits per heavy atom. The average molecular weight is 379 g/mol. The molecule has 1 heterocycles. The SMILES string of the molecule is O=S(=O)(N[C@@H](Cc1cccc(F)c1)c1cccc(F)c1)c1cccs1. The van der Waals surface area contributed by atoms with Crippen molar-refractivity contribution in [3.05, 3.63) is 88.8 Å². The van der Waals surface area contributed by atoms with Crippen molar-refractivity contribution < 1.29 is 17.2 Å². The highest BCUT2D eigenvalue weighted by Gasteiger charge is 2.23. The molecule has 130 valence electrons. The molecule has 0 spiro atoms. The molecule has 7 heteroatoms. The maximum atomic E-state index is 13.6. The molecule has 2 aromatic carbocycles. The van der Waals surface area contributed by atoms with E-state index in [0.29, 0.717) is 11.1 Å². The fourth-order valence-corrected chi connectivity index (χ4v) is 4.75. The second kappa shape index (κ2) is 7.43. The molecule has 0 amide bonds. The third-order valence-corrected chi connectivity index (χ3v) is 6.51. The predicted molar refractivity (Wildman–Crippen MR) is 93.9 cm³/mol. The Balaban J connectivity index is 1.94. The molecule has 0 saturated heterocycles. The fraction of sp³-hybridized carbons (Fsp3) is 0.111. The molecule has 0 aliphatic carbocycles. The van der Waals surface area contributed by atoms with Crippen LogP contribution in [0.2, 0.25) is 0 Å². The molecule has 0 aliphatic heterocycles. The quantitative estimate of drug-likeness (QED) is 0.695. The topological polar surface area (TPSA) is 46.2 Å². The molecule has 3 aromatic rings. The summed E-state index contributed by atoms with van der Waals surface area (Å²) in [7, 11) is -3.76. The Labute approximate surface area is 149 Å². The molecular formula is C18H15F2NO2S2. The molecule has 3 nitrogen and oxygen atoms in total. The molecule has 1 N–H and O–H groups in total. The van der Waals surface area contributed by atoms with E-state index in [2.05, 4.69) is 4.72 Å². The van der Waals surface area contributed by atoms with E-state index in [1.807, 2.05) is 0 Å². The summed E-state index contributed by atoms with van der Waals surface area (Å²) in [5.74, 6) is -0.867. The summed E-state index contributed by atoms with van der Waals surface area (Å²) in [6, 6.07) is 14.1. The fourth-order valence-electron chi connectivity index (χ4n) is 2.51. The van der Waals surface area contributed by atoms with E-state index in [0.717, 1.165) is 11.3 Å². The van der Waals surface area contributed by atoms with Crippen molar-refractivity contribution in [2.75, 3.05) is 0 Å². The number of nitrogens with one attached hydrogen (secondary N) is 1. The molecule has 0 saturated carbocycles. The predicted octanol–water partition coefficient (Wildman–Crippen LogP) is 4.29. The summed E-state index contributed by atoms with van der Waals surface area (Å²) >= 11 is 1.09. The van der Waals surface area contributed by atoms with E-state index in [4.69, 9.17) is 0 Å². The lowest BCUT2D eigenvalue weighted by Crippen LogP contribution is -2.29. The van der Waals surface area contributed by atoms with Gasteiger partial charge in [-0.2, -0.15) is 0 Å². The first-order chi connectivity index (χ1) is 11.9. The molecule has 0 aliphatic rings. The lowest BCUT2D eigenvalue weighted by molar-refractivity contribution is 0.552. The van der Waals surface area contributed by atoms with Gasteiger partial charge in [-0.3, -0.25) is 0 Å². The molecule has 0 fully saturated rings. The number of hydrogen-bond donors (Lipinski definition) is 1. The van der Waals surface area contributed by atoms with Crippen molar-refractivity contribution in [3.63, 3.8) is 0 Å². The van der Waals surface area contributed by atoms with Crippen molar-refractivity contribution in [1.29, 1.82) is 0 Å². The lowest BCUT2D eigenvalue weighted by atomic mass is 9.99. The first kappa shape index (κ1) is 17.7. The first-order valence-electron chi connectivity index (χ1n) is 7.50. The number of benzene rings is 2. The number of thiophene rings is 1. The zero-order valence-corrected chi connectivity index (χ0v) is 14.7. The monoisotopic (exact) mass is 379 g/mol. The molecule has 0 bridgehead atoms. The van der Waals surface area contributed by atoms with Crippen LogP contribution < -0.4 is 4.72 Å². The normalized spacial score (nSPS) is 12.9. The van der Waals surface area contributed by atoms with E-state index < -0.39 is 27.7 Å². The minimum absolute atomic E-state index is 0.174. The van der Waals surface area contributed by atoms with E-state index >= 15 is 0 Å². The van der Waals surface area contributed by atoms with Crippen LogP contribution in [0.5, 0.6) is 0 Å². The largest absolute Gasteiger partial charge is 0.250 e. The molecule has 0 radical (unpaired) electrons. The molecule has 0 unspecified atom stereocenters. The number of hydrogen-bond acceptors (Lipinski definition) is 3. The highest BCUT2D eigenvalue weighted by Crippen LogP contribution is 2.24. The Kier molecular flexibility index (Phi) is 5.27. The van der Waals surface area contributed by atoms with Gasteiger partial charge < -0.3 is 0 Å². The molecule has 1 atom stereocenters. The van der Waals surface area contributed by atoms with Crippen LogP contribution >= 0.6 is 11.3 Å². The van der Waals surface area contributed by atoms with E-state index in [1.54, 1.807) is 29.6 Å². The van der Waals surface area contributed by atoms with Crippen LogP contribution in [0.25, 0.3) is 0 Å². The number of sulfonamides is 1. The van der Waals surface area contributed by atoms with Gasteiger partial charge >= 0.3 is 0 Å². The standard InChI is InChI=1S/C18H15F2NO2S2/c19-15-6-1-4-13(10-15)11-17(14-5-2-7-16(20)12-14)21-25(22,23)18-8-3-9-24-18/h1-10,12,17,21H,11H2/t17-/m0/s1. The average Bonchev–Trinajstić information content (AvgIpc) is 3.09. The second-order valence-electron chi connectivity index (χ2n) is 5.50. The summed E-state index contributed by atoms with van der Waals surface area (Å²) in [6.45, 7) is 0. The first-order valence-corrected chi connectivity index (χ1v) is 9.86. The van der Waals surface area contributed by atoms with Gasteiger partial charge in [0.15, 0.2) is 0 Å². The van der Waals surface area contributed by atoms with Gasteiger partial charge in [0.2, 0.25) is 0 Å². The zero-order chi connectivity index (χ0) is 17.9. The van der Waals surface area contributed by atoms with Crippen molar-refractivity contribution in [2.24, 2.45) is 0 Å². The van der Waals surface area contributed by atoms with Gasteiger partial charge in [0.05, 0.1) is 6.04 Å². The van der Waals surface area contributed by atoms with Crippen LogP contribution in [0.15, 0.2) is 70.3 Å². The van der Waals surface area contributed by atoms with Gasteiger partial charge in [-0.25, -0.2) is 21.9 Å². The minimum atomic E-state index is -3.76. The van der Waals surface area contributed by atoms with Gasteiger partial charge in [-0.1, -0.05) is 30.3 Å². The van der Waals surface area contributed by atoms with Crippen LogP contribution in [-0.4, -0.2) is 8.42 Å². The van der Waals surface area contributed by atoms with Gasteiger partial charge in [0.1, 0.15) is 15.8 Å². The van der Waals surface area contributed by atoms with Crippen molar-refractivity contribution in [1.82, 2.24) is 4.72 Å². The second-order valence-corrected chi connectivity index (χ2v) is 8.38. The van der Waals surface area contributed by atoms with Crippen LogP contribution in [0, 0.1) is 11.6 Å². The Hall–Kier alpha value is -2.09. The van der Waals surface area contributed by atoms with Crippen LogP contribution in [-0.2, 0) is 16.4 Å². The maximum Gasteiger partial charge on any atom is 0.250 e. The number of rotatable bonds is 6. The summed E-state index contributed by atoms with van der Waals surface area (Å²) in [5, 5.41) is 1.67.